The van der Waals surface area contributed by atoms with Gasteiger partial charge in [0, 0.05) is 31.2 Å². The standard InChI is InChI=1S/C18H26N2O3/c1-4-20(11-15-7-8-23-12-15)17(21)10-19-18(22)16-6-5-13(2)14(3)9-16/h5-6,9,15H,4,7-8,10-12H2,1-3H3,(H,19,22)/t15-/m0/s1. The average Bonchev–Trinajstić information content (AvgIpc) is 3.05. The van der Waals surface area contributed by atoms with Crippen molar-refractivity contribution in [2.45, 2.75) is 27.2 Å². The van der Waals surface area contributed by atoms with Crippen LogP contribution in [0.15, 0.2) is 18.2 Å². The number of nitrogens with one attached hydrogen (secondary N) is 1. The van der Waals surface area contributed by atoms with E-state index in [0.717, 1.165) is 30.8 Å². The molecule has 1 aromatic carbocycles. The van der Waals surface area contributed by atoms with E-state index in [4.69, 9.17) is 4.74 Å². The Bertz CT molecular complexity index is 565. The first-order chi connectivity index (χ1) is 11.0. The Balaban J connectivity index is 1.86. The van der Waals surface area contributed by atoms with Gasteiger partial charge in [-0.2, -0.15) is 0 Å². The molecule has 5 nitrogen and oxygen atoms in total. The maximum Gasteiger partial charge on any atom is 0.251 e. The zero-order valence-corrected chi connectivity index (χ0v) is 14.2. The molecule has 0 aromatic heterocycles. The third-order valence-electron chi connectivity index (χ3n) is 4.41. The highest BCUT2D eigenvalue weighted by Gasteiger charge is 2.21. The van der Waals surface area contributed by atoms with Crippen LogP contribution in [0.5, 0.6) is 0 Å². The summed E-state index contributed by atoms with van der Waals surface area (Å²) in [4.78, 5) is 26.2. The first-order valence-electron chi connectivity index (χ1n) is 8.22. The van der Waals surface area contributed by atoms with Crippen molar-refractivity contribution in [2.75, 3.05) is 32.8 Å². The minimum absolute atomic E-state index is 0.0349. The van der Waals surface area contributed by atoms with Crippen molar-refractivity contribution in [3.05, 3.63) is 34.9 Å². The van der Waals surface area contributed by atoms with Crippen molar-refractivity contribution in [3.63, 3.8) is 0 Å². The highest BCUT2D eigenvalue weighted by Crippen LogP contribution is 2.14. The normalized spacial score (nSPS) is 17.1. The predicted octanol–water partition coefficient (Wildman–Crippen LogP) is 1.92. The summed E-state index contributed by atoms with van der Waals surface area (Å²) in [5.41, 5.74) is 2.81. The van der Waals surface area contributed by atoms with Crippen molar-refractivity contribution in [1.29, 1.82) is 0 Å². The molecule has 0 saturated carbocycles. The van der Waals surface area contributed by atoms with Crippen LogP contribution in [0, 0.1) is 19.8 Å². The van der Waals surface area contributed by atoms with Crippen LogP contribution in [0.2, 0.25) is 0 Å². The van der Waals surface area contributed by atoms with Crippen LogP contribution in [0.25, 0.3) is 0 Å². The van der Waals surface area contributed by atoms with Crippen LogP contribution in [0.4, 0.5) is 0 Å². The molecule has 23 heavy (non-hydrogen) atoms. The topological polar surface area (TPSA) is 58.6 Å². The summed E-state index contributed by atoms with van der Waals surface area (Å²) >= 11 is 0. The fraction of sp³-hybridized carbons (Fsp3) is 0.556. The summed E-state index contributed by atoms with van der Waals surface area (Å²) in [7, 11) is 0. The second-order valence-corrected chi connectivity index (χ2v) is 6.14. The van der Waals surface area contributed by atoms with E-state index in [0.29, 0.717) is 24.6 Å². The molecule has 2 amide bonds. The first kappa shape index (κ1) is 17.5. The van der Waals surface area contributed by atoms with E-state index >= 15 is 0 Å². The molecular formula is C18H26N2O3. The number of carbonyl (C=O) groups excluding carboxylic acids is 2. The second-order valence-electron chi connectivity index (χ2n) is 6.14. The number of nitrogens with zero attached hydrogens (tertiary/aromatic N) is 1. The van der Waals surface area contributed by atoms with E-state index in [-0.39, 0.29) is 18.4 Å². The van der Waals surface area contributed by atoms with Crippen molar-refractivity contribution < 1.29 is 14.3 Å². The summed E-state index contributed by atoms with van der Waals surface area (Å²) in [5, 5.41) is 2.72. The molecule has 0 aliphatic carbocycles. The van der Waals surface area contributed by atoms with Crippen molar-refractivity contribution in [1.82, 2.24) is 10.2 Å². The third-order valence-corrected chi connectivity index (χ3v) is 4.41. The Morgan fingerprint density at radius 1 is 1.30 bits per heavy atom. The van der Waals surface area contributed by atoms with E-state index in [1.165, 1.54) is 0 Å². The van der Waals surface area contributed by atoms with Gasteiger partial charge in [0.2, 0.25) is 5.91 Å². The summed E-state index contributed by atoms with van der Waals surface area (Å²) in [6, 6.07) is 5.56. The molecule has 1 atom stereocenters. The van der Waals surface area contributed by atoms with Crippen LogP contribution >= 0.6 is 0 Å². The molecule has 1 aliphatic rings. The minimum Gasteiger partial charge on any atom is -0.381 e. The summed E-state index contributed by atoms with van der Waals surface area (Å²) in [5.74, 6) is 0.160. The zero-order chi connectivity index (χ0) is 16.8. The highest BCUT2D eigenvalue weighted by atomic mass is 16.5. The van der Waals surface area contributed by atoms with Gasteiger partial charge in [0.25, 0.3) is 5.91 Å². The Kier molecular flexibility index (Phi) is 6.16. The molecule has 1 heterocycles. The van der Waals surface area contributed by atoms with E-state index in [1.54, 1.807) is 11.0 Å². The Morgan fingerprint density at radius 3 is 2.70 bits per heavy atom. The number of carbonyl (C=O) groups is 2. The quantitative estimate of drug-likeness (QED) is 0.872. The van der Waals surface area contributed by atoms with Gasteiger partial charge in [-0.1, -0.05) is 6.07 Å². The largest absolute Gasteiger partial charge is 0.381 e. The van der Waals surface area contributed by atoms with Crippen molar-refractivity contribution >= 4 is 11.8 Å². The lowest BCUT2D eigenvalue weighted by atomic mass is 10.1. The molecule has 1 aliphatic heterocycles. The predicted molar refractivity (Wildman–Crippen MR) is 89.4 cm³/mol. The Hall–Kier alpha value is -1.88. The van der Waals surface area contributed by atoms with Gasteiger partial charge in [-0.15, -0.1) is 0 Å². The van der Waals surface area contributed by atoms with Crippen LogP contribution < -0.4 is 5.32 Å². The molecule has 2 rings (SSSR count). The van der Waals surface area contributed by atoms with Gasteiger partial charge in [-0.3, -0.25) is 9.59 Å². The summed E-state index contributed by atoms with van der Waals surface area (Å²) < 4.78 is 5.35. The maximum atomic E-state index is 12.3. The van der Waals surface area contributed by atoms with Crippen LogP contribution in [-0.2, 0) is 9.53 Å². The Labute approximate surface area is 138 Å². The SMILES string of the molecule is CCN(C[C@@H]1CCOC1)C(=O)CNC(=O)c1ccc(C)c(C)c1. The number of benzene rings is 1. The van der Waals surface area contributed by atoms with Gasteiger partial charge < -0.3 is 15.0 Å². The van der Waals surface area contributed by atoms with E-state index < -0.39 is 0 Å². The average molecular weight is 318 g/mol. The molecule has 126 valence electrons. The van der Waals surface area contributed by atoms with Gasteiger partial charge in [-0.05, 0) is 50.5 Å². The number of ether oxygens (including phenoxy) is 1. The zero-order valence-electron chi connectivity index (χ0n) is 14.2. The molecule has 5 heteroatoms. The molecular weight excluding hydrogens is 292 g/mol. The minimum atomic E-state index is -0.207. The van der Waals surface area contributed by atoms with Gasteiger partial charge >= 0.3 is 0 Å². The number of amides is 2. The van der Waals surface area contributed by atoms with Crippen molar-refractivity contribution in [3.8, 4) is 0 Å². The van der Waals surface area contributed by atoms with Gasteiger partial charge in [0.1, 0.15) is 0 Å². The lowest BCUT2D eigenvalue weighted by Crippen LogP contribution is -2.42. The maximum absolute atomic E-state index is 12.3. The molecule has 0 radical (unpaired) electrons. The number of rotatable bonds is 6. The molecule has 0 spiro atoms. The van der Waals surface area contributed by atoms with Crippen LogP contribution in [-0.4, -0.2) is 49.6 Å². The molecule has 1 fully saturated rings. The lowest BCUT2D eigenvalue weighted by Gasteiger charge is -2.23. The number of hydrogen-bond donors (Lipinski definition) is 1. The fourth-order valence-electron chi connectivity index (χ4n) is 2.70. The number of aryl methyl sites for hydroxylation is 2. The van der Waals surface area contributed by atoms with Gasteiger partial charge in [0.15, 0.2) is 0 Å². The highest BCUT2D eigenvalue weighted by molar-refractivity contribution is 5.96. The summed E-state index contributed by atoms with van der Waals surface area (Å²) in [6.07, 6.45) is 0.999. The number of hydrogen-bond acceptors (Lipinski definition) is 3. The first-order valence-corrected chi connectivity index (χ1v) is 8.22. The molecule has 1 aromatic rings. The van der Waals surface area contributed by atoms with Crippen LogP contribution in [0.3, 0.4) is 0 Å². The van der Waals surface area contributed by atoms with Gasteiger partial charge in [-0.25, -0.2) is 0 Å². The molecule has 0 bridgehead atoms. The third kappa shape index (κ3) is 4.79. The molecule has 1 N–H and O–H groups in total. The van der Waals surface area contributed by atoms with E-state index in [1.807, 2.05) is 32.9 Å². The monoisotopic (exact) mass is 318 g/mol. The smallest absolute Gasteiger partial charge is 0.251 e. The van der Waals surface area contributed by atoms with E-state index in [2.05, 4.69) is 5.32 Å². The molecule has 1 saturated heterocycles. The molecule has 0 unspecified atom stereocenters. The second kappa shape index (κ2) is 8.11. The Morgan fingerprint density at radius 2 is 2.09 bits per heavy atom. The van der Waals surface area contributed by atoms with E-state index in [9.17, 15) is 9.59 Å². The lowest BCUT2D eigenvalue weighted by molar-refractivity contribution is -0.130. The van der Waals surface area contributed by atoms with Crippen molar-refractivity contribution in [2.24, 2.45) is 5.92 Å². The van der Waals surface area contributed by atoms with Gasteiger partial charge in [0.05, 0.1) is 13.2 Å². The summed E-state index contributed by atoms with van der Waals surface area (Å²) in [6.45, 7) is 8.82. The fourth-order valence-corrected chi connectivity index (χ4v) is 2.70. The number of likely N-dealkylation sites (N-methyl/N-ethyl adjacent to an activating group) is 1. The van der Waals surface area contributed by atoms with Crippen LogP contribution in [0.1, 0.15) is 34.8 Å².